The molecule has 0 bridgehead atoms. The van der Waals surface area contributed by atoms with Crippen molar-refractivity contribution in [2.45, 2.75) is 38.8 Å². The normalized spacial score (nSPS) is 22.8. The van der Waals surface area contributed by atoms with Crippen LogP contribution in [0.4, 0.5) is 0 Å². The lowest BCUT2D eigenvalue weighted by Crippen LogP contribution is -2.56. The van der Waals surface area contributed by atoms with E-state index in [-0.39, 0.29) is 17.4 Å². The average molecular weight is 357 g/mol. The van der Waals surface area contributed by atoms with Gasteiger partial charge in [0.2, 0.25) is 5.88 Å². The minimum Gasteiger partial charge on any atom is -0.508 e. The zero-order valence-electron chi connectivity index (χ0n) is 16.1. The largest absolute Gasteiger partial charge is 0.508 e. The highest BCUT2D eigenvalue weighted by Gasteiger charge is 2.40. The molecule has 2 atom stereocenters. The van der Waals surface area contributed by atoms with Gasteiger partial charge in [0.15, 0.2) is 0 Å². The molecule has 140 valence electrons. The molecule has 1 aromatic carbocycles. The van der Waals surface area contributed by atoms with Crippen LogP contribution in [0.3, 0.4) is 0 Å². The highest BCUT2D eigenvalue weighted by atomic mass is 16.5. The number of nitrogens with zero attached hydrogens (tertiary/aromatic N) is 3. The number of hydrogen-bond acceptors (Lipinski definition) is 6. The van der Waals surface area contributed by atoms with Gasteiger partial charge in [-0.1, -0.05) is 6.92 Å². The van der Waals surface area contributed by atoms with E-state index in [1.807, 2.05) is 12.1 Å². The van der Waals surface area contributed by atoms with Gasteiger partial charge in [0.25, 0.3) is 0 Å². The number of benzene rings is 1. The molecule has 3 rings (SSSR count). The Morgan fingerprint density at radius 1 is 1.19 bits per heavy atom. The van der Waals surface area contributed by atoms with E-state index in [2.05, 4.69) is 42.9 Å². The van der Waals surface area contributed by atoms with Crippen molar-refractivity contribution >= 4 is 0 Å². The van der Waals surface area contributed by atoms with Crippen LogP contribution < -0.4 is 9.47 Å². The highest BCUT2D eigenvalue weighted by molar-refractivity contribution is 5.68. The van der Waals surface area contributed by atoms with Gasteiger partial charge in [-0.15, -0.1) is 10.2 Å². The van der Waals surface area contributed by atoms with E-state index >= 15 is 0 Å². The first-order chi connectivity index (χ1) is 12.3. The molecule has 0 aliphatic carbocycles. The van der Waals surface area contributed by atoms with Gasteiger partial charge >= 0.3 is 0 Å². The van der Waals surface area contributed by atoms with E-state index in [4.69, 9.17) is 9.47 Å². The van der Waals surface area contributed by atoms with Crippen LogP contribution in [-0.4, -0.2) is 52.5 Å². The van der Waals surface area contributed by atoms with E-state index in [9.17, 15) is 5.11 Å². The van der Waals surface area contributed by atoms with Crippen molar-refractivity contribution < 1.29 is 14.6 Å². The standard InChI is InChI=1S/C20H27N3O3/c1-13-17(10-11-23(4)20(13,2)3)26-19-9-8-16(21-22-19)15-7-6-14(24)12-18(15)25-5/h6-9,12-13,17,24H,10-11H2,1-5H3. The van der Waals surface area contributed by atoms with Crippen molar-refractivity contribution in [2.24, 2.45) is 5.92 Å². The molecule has 6 heteroatoms. The van der Waals surface area contributed by atoms with Crippen molar-refractivity contribution in [2.75, 3.05) is 20.7 Å². The van der Waals surface area contributed by atoms with Crippen LogP contribution in [0.2, 0.25) is 0 Å². The number of piperidine rings is 1. The SMILES string of the molecule is COc1cc(O)ccc1-c1ccc(OC2CCN(C)C(C)(C)C2C)nn1. The average Bonchev–Trinajstić information content (AvgIpc) is 2.63. The first-order valence-electron chi connectivity index (χ1n) is 8.92. The number of ether oxygens (including phenoxy) is 2. The third kappa shape index (κ3) is 3.46. The van der Waals surface area contributed by atoms with Gasteiger partial charge in [-0.05, 0) is 45.5 Å². The Labute approximate surface area is 154 Å². The lowest BCUT2D eigenvalue weighted by molar-refractivity contribution is -0.0301. The Hall–Kier alpha value is -2.34. The van der Waals surface area contributed by atoms with E-state index in [0.717, 1.165) is 18.5 Å². The molecule has 1 aliphatic rings. The van der Waals surface area contributed by atoms with Crippen LogP contribution in [0.15, 0.2) is 30.3 Å². The third-order valence-electron chi connectivity index (χ3n) is 5.78. The minimum atomic E-state index is 0.0791. The molecule has 2 aromatic rings. The first kappa shape index (κ1) is 18.5. The Balaban J connectivity index is 1.77. The van der Waals surface area contributed by atoms with Gasteiger partial charge in [-0.25, -0.2) is 0 Å². The van der Waals surface area contributed by atoms with Crippen LogP contribution >= 0.6 is 0 Å². The van der Waals surface area contributed by atoms with Gasteiger partial charge in [0.1, 0.15) is 17.6 Å². The number of aromatic hydroxyl groups is 1. The molecule has 1 N–H and O–H groups in total. The van der Waals surface area contributed by atoms with Gasteiger partial charge in [0, 0.05) is 35.7 Å². The molecule has 0 radical (unpaired) electrons. The Morgan fingerprint density at radius 3 is 2.62 bits per heavy atom. The molecule has 1 aliphatic heterocycles. The molecule has 26 heavy (non-hydrogen) atoms. The number of hydrogen-bond donors (Lipinski definition) is 1. The zero-order chi connectivity index (χ0) is 18.9. The maximum atomic E-state index is 9.59. The van der Waals surface area contributed by atoms with E-state index in [1.165, 1.54) is 0 Å². The molecule has 2 unspecified atom stereocenters. The van der Waals surface area contributed by atoms with Crippen LogP contribution in [0, 0.1) is 5.92 Å². The van der Waals surface area contributed by atoms with Crippen LogP contribution in [0.25, 0.3) is 11.3 Å². The summed E-state index contributed by atoms with van der Waals surface area (Å²) in [4.78, 5) is 2.38. The van der Waals surface area contributed by atoms with Crippen LogP contribution in [0.1, 0.15) is 27.2 Å². The number of methoxy groups -OCH3 is 1. The second-order valence-electron chi connectivity index (χ2n) is 7.45. The molecule has 1 fully saturated rings. The second-order valence-corrected chi connectivity index (χ2v) is 7.45. The molecular weight excluding hydrogens is 330 g/mol. The van der Waals surface area contributed by atoms with E-state index < -0.39 is 0 Å². The van der Waals surface area contributed by atoms with Crippen LogP contribution in [0.5, 0.6) is 17.4 Å². The molecule has 1 saturated heterocycles. The quantitative estimate of drug-likeness (QED) is 0.905. The van der Waals surface area contributed by atoms with Crippen molar-refractivity contribution in [3.05, 3.63) is 30.3 Å². The molecule has 2 heterocycles. The Morgan fingerprint density at radius 2 is 1.96 bits per heavy atom. The van der Waals surface area contributed by atoms with Gasteiger partial charge in [0.05, 0.1) is 12.8 Å². The minimum absolute atomic E-state index is 0.0791. The fourth-order valence-electron chi connectivity index (χ4n) is 3.40. The molecule has 0 spiro atoms. The smallest absolute Gasteiger partial charge is 0.233 e. The fraction of sp³-hybridized carbons (Fsp3) is 0.500. The maximum Gasteiger partial charge on any atom is 0.233 e. The van der Waals surface area contributed by atoms with Gasteiger partial charge in [-0.3, -0.25) is 0 Å². The number of phenols is 1. The summed E-state index contributed by atoms with van der Waals surface area (Å²) < 4.78 is 11.5. The lowest BCUT2D eigenvalue weighted by Gasteiger charge is -2.48. The second kappa shape index (κ2) is 7.11. The van der Waals surface area contributed by atoms with Gasteiger partial charge in [-0.2, -0.15) is 0 Å². The molecular formula is C20H27N3O3. The molecule has 0 saturated carbocycles. The number of rotatable bonds is 4. The predicted molar refractivity (Wildman–Crippen MR) is 101 cm³/mol. The molecule has 1 aromatic heterocycles. The monoisotopic (exact) mass is 357 g/mol. The number of likely N-dealkylation sites (tertiary alicyclic amines) is 1. The number of aromatic nitrogens is 2. The first-order valence-corrected chi connectivity index (χ1v) is 8.92. The van der Waals surface area contributed by atoms with Crippen molar-refractivity contribution in [3.63, 3.8) is 0 Å². The third-order valence-corrected chi connectivity index (χ3v) is 5.78. The van der Waals surface area contributed by atoms with Crippen molar-refractivity contribution in [3.8, 4) is 28.6 Å². The van der Waals surface area contributed by atoms with Gasteiger partial charge < -0.3 is 19.5 Å². The molecule has 0 amide bonds. The van der Waals surface area contributed by atoms with Crippen LogP contribution in [-0.2, 0) is 0 Å². The molecule has 6 nitrogen and oxygen atoms in total. The summed E-state index contributed by atoms with van der Waals surface area (Å²) >= 11 is 0. The maximum absolute atomic E-state index is 9.59. The zero-order valence-corrected chi connectivity index (χ0v) is 16.1. The Bertz CT molecular complexity index is 761. The fourth-order valence-corrected chi connectivity index (χ4v) is 3.40. The lowest BCUT2D eigenvalue weighted by atomic mass is 9.79. The number of phenolic OH excluding ortho intramolecular Hbond substituents is 1. The summed E-state index contributed by atoms with van der Waals surface area (Å²) in [6.07, 6.45) is 1.08. The van der Waals surface area contributed by atoms with Crippen molar-refractivity contribution in [1.29, 1.82) is 0 Å². The van der Waals surface area contributed by atoms with E-state index in [1.54, 1.807) is 25.3 Å². The predicted octanol–water partition coefficient (Wildman–Crippen LogP) is 3.36. The summed E-state index contributed by atoms with van der Waals surface area (Å²) in [5.41, 5.74) is 1.53. The summed E-state index contributed by atoms with van der Waals surface area (Å²) in [7, 11) is 3.72. The van der Waals surface area contributed by atoms with E-state index in [0.29, 0.717) is 23.2 Å². The highest BCUT2D eigenvalue weighted by Crippen LogP contribution is 2.35. The summed E-state index contributed by atoms with van der Waals surface area (Å²) in [5.74, 6) is 1.61. The Kier molecular flexibility index (Phi) is 5.05. The van der Waals surface area contributed by atoms with Crippen molar-refractivity contribution in [1.82, 2.24) is 15.1 Å². The topological polar surface area (TPSA) is 67.7 Å². The summed E-state index contributed by atoms with van der Waals surface area (Å²) in [5, 5.41) is 18.1. The summed E-state index contributed by atoms with van der Waals surface area (Å²) in [6.45, 7) is 7.72. The summed E-state index contributed by atoms with van der Waals surface area (Å²) in [6, 6.07) is 8.63.